The van der Waals surface area contributed by atoms with Gasteiger partial charge in [-0.3, -0.25) is 4.79 Å². The molecule has 0 saturated carbocycles. The number of hydrogen-bond donors (Lipinski definition) is 2. The lowest BCUT2D eigenvalue weighted by molar-refractivity contribution is -0.117. The number of amides is 1. The van der Waals surface area contributed by atoms with Crippen molar-refractivity contribution in [2.75, 3.05) is 5.32 Å². The third-order valence-electron chi connectivity index (χ3n) is 2.71. The summed E-state index contributed by atoms with van der Waals surface area (Å²) in [6, 6.07) is 9.52. The number of nitrogens with one attached hydrogen (secondary N) is 1. The molecular weight excluding hydrogens is 330 g/mol. The van der Waals surface area contributed by atoms with Gasteiger partial charge in [0.1, 0.15) is 17.7 Å². The Labute approximate surface area is 122 Å². The molecule has 6 heteroatoms. The van der Waals surface area contributed by atoms with E-state index in [0.29, 0.717) is 5.56 Å². The lowest BCUT2D eigenvalue weighted by Crippen LogP contribution is -2.28. The molecule has 2 aromatic rings. The Morgan fingerprint density at radius 3 is 2.45 bits per heavy atom. The molecule has 2 aromatic carbocycles. The summed E-state index contributed by atoms with van der Waals surface area (Å²) in [5.41, 5.74) is 6.10. The number of rotatable bonds is 3. The van der Waals surface area contributed by atoms with Crippen molar-refractivity contribution < 1.29 is 13.6 Å². The lowest BCUT2D eigenvalue weighted by Gasteiger charge is -2.13. The van der Waals surface area contributed by atoms with Crippen LogP contribution in [0.5, 0.6) is 0 Å². The summed E-state index contributed by atoms with van der Waals surface area (Å²) in [4.78, 5) is 11.9. The maximum atomic E-state index is 13.6. The van der Waals surface area contributed by atoms with Crippen LogP contribution in [0.15, 0.2) is 46.9 Å². The Balaban J connectivity index is 2.18. The molecule has 0 aliphatic rings. The van der Waals surface area contributed by atoms with Crippen molar-refractivity contribution in [3.8, 4) is 0 Å². The third kappa shape index (κ3) is 3.20. The van der Waals surface area contributed by atoms with E-state index in [-0.39, 0.29) is 10.2 Å². The van der Waals surface area contributed by atoms with Gasteiger partial charge in [-0.25, -0.2) is 8.78 Å². The largest absolute Gasteiger partial charge is 0.322 e. The maximum absolute atomic E-state index is 13.6. The first-order valence-corrected chi connectivity index (χ1v) is 6.54. The standard InChI is InChI=1S/C14H11BrF2N2O/c15-9-6-11(17)12(7-10(9)16)19-14(20)13(18)8-4-2-1-3-5-8/h1-7,13H,18H2,(H,19,20)/t13-/m1/s1. The van der Waals surface area contributed by atoms with Gasteiger partial charge in [-0.05, 0) is 27.6 Å². The minimum Gasteiger partial charge on any atom is -0.322 e. The summed E-state index contributed by atoms with van der Waals surface area (Å²) in [6.45, 7) is 0. The summed E-state index contributed by atoms with van der Waals surface area (Å²) in [7, 11) is 0. The number of nitrogens with two attached hydrogens (primary N) is 1. The molecule has 0 spiro atoms. The first-order valence-electron chi connectivity index (χ1n) is 5.75. The highest BCUT2D eigenvalue weighted by molar-refractivity contribution is 9.10. The van der Waals surface area contributed by atoms with Gasteiger partial charge >= 0.3 is 0 Å². The summed E-state index contributed by atoms with van der Waals surface area (Å²) in [5, 5.41) is 2.28. The van der Waals surface area contributed by atoms with E-state index >= 15 is 0 Å². The second-order valence-corrected chi connectivity index (χ2v) is 4.98. The van der Waals surface area contributed by atoms with Crippen molar-refractivity contribution in [2.24, 2.45) is 5.73 Å². The number of anilines is 1. The zero-order valence-corrected chi connectivity index (χ0v) is 11.8. The molecule has 3 N–H and O–H groups in total. The zero-order valence-electron chi connectivity index (χ0n) is 10.2. The first kappa shape index (κ1) is 14.6. The fourth-order valence-corrected chi connectivity index (χ4v) is 1.96. The van der Waals surface area contributed by atoms with E-state index in [4.69, 9.17) is 5.73 Å². The Bertz CT molecular complexity index is 635. The Kier molecular flexibility index (Phi) is 4.46. The van der Waals surface area contributed by atoms with Crippen LogP contribution < -0.4 is 11.1 Å². The molecular formula is C14H11BrF2N2O. The molecule has 3 nitrogen and oxygen atoms in total. The van der Waals surface area contributed by atoms with Gasteiger partial charge < -0.3 is 11.1 Å². The monoisotopic (exact) mass is 340 g/mol. The Hall–Kier alpha value is -1.79. The van der Waals surface area contributed by atoms with Crippen LogP contribution in [0.3, 0.4) is 0 Å². The minimum absolute atomic E-state index is 0.0136. The molecule has 1 atom stereocenters. The minimum atomic E-state index is -0.956. The number of halogens is 3. The van der Waals surface area contributed by atoms with Crippen LogP contribution in [-0.2, 0) is 4.79 Å². The molecule has 0 aliphatic heterocycles. The molecule has 0 bridgehead atoms. The van der Waals surface area contributed by atoms with E-state index in [0.717, 1.165) is 12.1 Å². The predicted octanol–water partition coefficient (Wildman–Crippen LogP) is 3.37. The zero-order chi connectivity index (χ0) is 14.7. The smallest absolute Gasteiger partial charge is 0.245 e. The SMILES string of the molecule is N[C@@H](C(=O)Nc1cc(F)c(Br)cc1F)c1ccccc1. The van der Waals surface area contributed by atoms with Gasteiger partial charge in [0, 0.05) is 6.07 Å². The molecule has 1 amide bonds. The van der Waals surface area contributed by atoms with E-state index in [9.17, 15) is 13.6 Å². The molecule has 0 radical (unpaired) electrons. The van der Waals surface area contributed by atoms with Gasteiger partial charge in [0.2, 0.25) is 5.91 Å². The van der Waals surface area contributed by atoms with Crippen LogP contribution in [0, 0.1) is 11.6 Å². The van der Waals surface area contributed by atoms with Crippen molar-refractivity contribution in [2.45, 2.75) is 6.04 Å². The van der Waals surface area contributed by atoms with E-state index in [1.165, 1.54) is 0 Å². The molecule has 20 heavy (non-hydrogen) atoms. The molecule has 0 heterocycles. The van der Waals surface area contributed by atoms with Gasteiger partial charge in [-0.2, -0.15) is 0 Å². The number of benzene rings is 2. The predicted molar refractivity (Wildman–Crippen MR) is 76.1 cm³/mol. The average molecular weight is 341 g/mol. The van der Waals surface area contributed by atoms with Crippen LogP contribution in [-0.4, -0.2) is 5.91 Å². The van der Waals surface area contributed by atoms with Crippen LogP contribution in [0.2, 0.25) is 0 Å². The summed E-state index contributed by atoms with van der Waals surface area (Å²) in [6.07, 6.45) is 0. The highest BCUT2D eigenvalue weighted by Gasteiger charge is 2.18. The molecule has 0 unspecified atom stereocenters. The molecule has 0 saturated heterocycles. The molecule has 0 fully saturated rings. The highest BCUT2D eigenvalue weighted by atomic mass is 79.9. The average Bonchev–Trinajstić information content (AvgIpc) is 2.44. The van der Waals surface area contributed by atoms with Crippen molar-refractivity contribution >= 4 is 27.5 Å². The van der Waals surface area contributed by atoms with Gasteiger partial charge in [-0.15, -0.1) is 0 Å². The Morgan fingerprint density at radius 2 is 1.80 bits per heavy atom. The molecule has 0 aromatic heterocycles. The Morgan fingerprint density at radius 1 is 1.15 bits per heavy atom. The summed E-state index contributed by atoms with van der Waals surface area (Å²) in [5.74, 6) is -2.03. The van der Waals surface area contributed by atoms with E-state index in [2.05, 4.69) is 21.2 Å². The van der Waals surface area contributed by atoms with Crippen LogP contribution in [0.4, 0.5) is 14.5 Å². The van der Waals surface area contributed by atoms with E-state index in [1.54, 1.807) is 30.3 Å². The van der Waals surface area contributed by atoms with Crippen molar-refractivity contribution in [1.29, 1.82) is 0 Å². The fraction of sp³-hybridized carbons (Fsp3) is 0.0714. The van der Waals surface area contributed by atoms with Gasteiger partial charge in [0.25, 0.3) is 0 Å². The molecule has 0 aliphatic carbocycles. The summed E-state index contributed by atoms with van der Waals surface area (Å²) < 4.78 is 26.9. The van der Waals surface area contributed by atoms with E-state index in [1.807, 2.05) is 0 Å². The van der Waals surface area contributed by atoms with Crippen LogP contribution in [0.25, 0.3) is 0 Å². The van der Waals surface area contributed by atoms with Gasteiger partial charge in [-0.1, -0.05) is 30.3 Å². The third-order valence-corrected chi connectivity index (χ3v) is 3.32. The topological polar surface area (TPSA) is 55.1 Å². The fourth-order valence-electron chi connectivity index (χ4n) is 1.64. The van der Waals surface area contributed by atoms with Gasteiger partial charge in [0.15, 0.2) is 0 Å². The maximum Gasteiger partial charge on any atom is 0.245 e. The summed E-state index contributed by atoms with van der Waals surface area (Å²) >= 11 is 2.86. The van der Waals surface area contributed by atoms with Gasteiger partial charge in [0.05, 0.1) is 10.2 Å². The van der Waals surface area contributed by atoms with Crippen molar-refractivity contribution in [3.63, 3.8) is 0 Å². The van der Waals surface area contributed by atoms with E-state index < -0.39 is 23.6 Å². The normalized spacial score (nSPS) is 12.0. The van der Waals surface area contributed by atoms with Crippen LogP contribution in [0.1, 0.15) is 11.6 Å². The second kappa shape index (κ2) is 6.11. The number of carbonyl (C=O) groups excluding carboxylic acids is 1. The second-order valence-electron chi connectivity index (χ2n) is 4.12. The quantitative estimate of drug-likeness (QED) is 0.841. The number of carbonyl (C=O) groups is 1. The number of hydrogen-bond acceptors (Lipinski definition) is 2. The molecule has 104 valence electrons. The van der Waals surface area contributed by atoms with Crippen LogP contribution >= 0.6 is 15.9 Å². The van der Waals surface area contributed by atoms with Crippen molar-refractivity contribution in [1.82, 2.24) is 0 Å². The first-order chi connectivity index (χ1) is 9.49. The van der Waals surface area contributed by atoms with Crippen molar-refractivity contribution in [3.05, 3.63) is 64.1 Å². The highest BCUT2D eigenvalue weighted by Crippen LogP contribution is 2.24. The lowest BCUT2D eigenvalue weighted by atomic mass is 10.1. The molecule has 2 rings (SSSR count).